The van der Waals surface area contributed by atoms with Gasteiger partial charge in [0.25, 0.3) is 0 Å². The molecule has 2 aliphatic rings. The van der Waals surface area contributed by atoms with Crippen molar-refractivity contribution < 1.29 is 9.53 Å². The zero-order chi connectivity index (χ0) is 7.30. The van der Waals surface area contributed by atoms with Gasteiger partial charge in [-0.3, -0.25) is 4.90 Å². The molecule has 0 spiro atoms. The number of cyclic esters (lactones) is 1. The van der Waals surface area contributed by atoms with Crippen molar-refractivity contribution in [2.75, 3.05) is 0 Å². The fourth-order valence-corrected chi connectivity index (χ4v) is 1.36. The monoisotopic (exact) mass is 139 g/mol. The summed E-state index contributed by atoms with van der Waals surface area (Å²) in [6.07, 6.45) is 0.742. The van der Waals surface area contributed by atoms with Crippen molar-refractivity contribution in [3.05, 3.63) is 12.3 Å². The molecule has 0 aliphatic carbocycles. The Kier molecular flexibility index (Phi) is 0.886. The quantitative estimate of drug-likeness (QED) is 0.470. The van der Waals surface area contributed by atoms with Crippen molar-refractivity contribution in [3.8, 4) is 0 Å². The molecule has 2 saturated heterocycles. The molecule has 3 heteroatoms. The maximum Gasteiger partial charge on any atom is 0.414 e. The van der Waals surface area contributed by atoms with E-state index < -0.39 is 0 Å². The van der Waals surface area contributed by atoms with Crippen LogP contribution in [0.25, 0.3) is 0 Å². The summed E-state index contributed by atoms with van der Waals surface area (Å²) in [5, 5.41) is 0. The summed E-state index contributed by atoms with van der Waals surface area (Å²) in [5.74, 6) is 0. The van der Waals surface area contributed by atoms with Crippen molar-refractivity contribution in [2.45, 2.75) is 25.5 Å². The van der Waals surface area contributed by atoms with Gasteiger partial charge in [-0.25, -0.2) is 4.79 Å². The molecule has 0 aromatic heterocycles. The second-order valence-electron chi connectivity index (χ2n) is 2.81. The average molecular weight is 139 g/mol. The van der Waals surface area contributed by atoms with Crippen LogP contribution in [-0.2, 0) is 4.74 Å². The molecule has 2 rings (SSSR count). The number of nitrogens with zero attached hydrogens (tertiary/aromatic N) is 1. The first kappa shape index (κ1) is 5.77. The van der Waals surface area contributed by atoms with Crippen molar-refractivity contribution in [2.24, 2.45) is 0 Å². The zero-order valence-corrected chi connectivity index (χ0v) is 5.83. The maximum absolute atomic E-state index is 10.9. The lowest BCUT2D eigenvalue weighted by molar-refractivity contribution is 0.0671. The third kappa shape index (κ3) is 0.574. The van der Waals surface area contributed by atoms with Gasteiger partial charge < -0.3 is 4.74 Å². The summed E-state index contributed by atoms with van der Waals surface area (Å²) in [6.45, 7) is 5.62. The number of rotatable bonds is 0. The Hall–Kier alpha value is -0.990. The lowest BCUT2D eigenvalue weighted by Crippen LogP contribution is -2.28. The third-order valence-electron chi connectivity index (χ3n) is 1.99. The highest BCUT2D eigenvalue weighted by Gasteiger charge is 2.49. The van der Waals surface area contributed by atoms with Gasteiger partial charge in [0.05, 0.1) is 6.04 Å². The van der Waals surface area contributed by atoms with E-state index in [1.165, 1.54) is 0 Å². The Morgan fingerprint density at radius 1 is 1.80 bits per heavy atom. The molecule has 0 radical (unpaired) electrons. The van der Waals surface area contributed by atoms with Crippen LogP contribution < -0.4 is 0 Å². The largest absolute Gasteiger partial charge is 0.446 e. The molecule has 3 nitrogen and oxygen atoms in total. The second kappa shape index (κ2) is 1.54. The molecule has 54 valence electrons. The van der Waals surface area contributed by atoms with E-state index in [9.17, 15) is 4.79 Å². The number of hydrogen-bond donors (Lipinski definition) is 0. The van der Waals surface area contributed by atoms with E-state index in [1.54, 1.807) is 4.90 Å². The van der Waals surface area contributed by atoms with Crippen LogP contribution in [0.3, 0.4) is 0 Å². The summed E-state index contributed by atoms with van der Waals surface area (Å²) in [5.41, 5.74) is 0.911. The van der Waals surface area contributed by atoms with Gasteiger partial charge in [0.1, 0.15) is 6.10 Å². The number of carbonyl (C=O) groups is 1. The molecule has 0 aromatic carbocycles. The number of ether oxygens (including phenoxy) is 1. The van der Waals surface area contributed by atoms with Crippen LogP contribution in [0.1, 0.15) is 13.3 Å². The Labute approximate surface area is 59.3 Å². The van der Waals surface area contributed by atoms with Crippen LogP contribution in [0.2, 0.25) is 0 Å². The molecule has 0 aromatic rings. The fourth-order valence-electron chi connectivity index (χ4n) is 1.36. The van der Waals surface area contributed by atoms with Crippen LogP contribution in [-0.4, -0.2) is 23.1 Å². The minimum atomic E-state index is -0.228. The van der Waals surface area contributed by atoms with Crippen molar-refractivity contribution >= 4 is 6.09 Å². The molecular formula is C7H9NO2. The van der Waals surface area contributed by atoms with Crippen LogP contribution in [0.5, 0.6) is 0 Å². The minimum absolute atomic E-state index is 0.0630. The van der Waals surface area contributed by atoms with Gasteiger partial charge in [-0.2, -0.15) is 0 Å². The Morgan fingerprint density at radius 2 is 2.50 bits per heavy atom. The maximum atomic E-state index is 10.9. The molecule has 2 aliphatic heterocycles. The highest BCUT2D eigenvalue weighted by molar-refractivity contribution is 5.77. The normalized spacial score (nSPS) is 37.1. The van der Waals surface area contributed by atoms with E-state index in [2.05, 4.69) is 6.58 Å². The Balaban J connectivity index is 2.16. The predicted octanol–water partition coefficient (Wildman–Crippen LogP) is 1.11. The van der Waals surface area contributed by atoms with Gasteiger partial charge in [-0.05, 0) is 6.92 Å². The number of hydrogen-bond acceptors (Lipinski definition) is 2. The van der Waals surface area contributed by atoms with Gasteiger partial charge in [-0.15, -0.1) is 0 Å². The summed E-state index contributed by atoms with van der Waals surface area (Å²) in [4.78, 5) is 12.5. The van der Waals surface area contributed by atoms with Crippen LogP contribution >= 0.6 is 0 Å². The Morgan fingerprint density at radius 3 is 3.10 bits per heavy atom. The first-order valence-electron chi connectivity index (χ1n) is 3.39. The third-order valence-corrected chi connectivity index (χ3v) is 1.99. The van der Waals surface area contributed by atoms with E-state index in [4.69, 9.17) is 4.74 Å². The van der Waals surface area contributed by atoms with E-state index in [0.29, 0.717) is 0 Å². The van der Waals surface area contributed by atoms with Gasteiger partial charge >= 0.3 is 6.09 Å². The first-order valence-corrected chi connectivity index (χ1v) is 3.39. The van der Waals surface area contributed by atoms with E-state index in [0.717, 1.165) is 12.1 Å². The molecule has 0 bridgehead atoms. The molecule has 1 amide bonds. The van der Waals surface area contributed by atoms with Gasteiger partial charge in [0, 0.05) is 12.1 Å². The van der Waals surface area contributed by atoms with Gasteiger partial charge in [0.2, 0.25) is 0 Å². The lowest BCUT2D eigenvalue weighted by Gasteiger charge is -2.17. The van der Waals surface area contributed by atoms with Crippen LogP contribution in [0, 0.1) is 0 Å². The van der Waals surface area contributed by atoms with E-state index >= 15 is 0 Å². The number of carbonyl (C=O) groups excluding carboxylic acids is 1. The summed E-state index contributed by atoms with van der Waals surface area (Å²) in [6, 6.07) is 0.288. The topological polar surface area (TPSA) is 29.3 Å². The molecular weight excluding hydrogens is 130 g/mol. The van der Waals surface area contributed by atoms with Crippen molar-refractivity contribution in [1.82, 2.24) is 4.90 Å². The highest BCUT2D eigenvalue weighted by Crippen LogP contribution is 2.39. The molecule has 0 saturated carbocycles. The average Bonchev–Trinajstić information content (AvgIpc) is 2.42. The Bertz CT molecular complexity index is 212. The summed E-state index contributed by atoms with van der Waals surface area (Å²) in [7, 11) is 0. The van der Waals surface area contributed by atoms with Crippen molar-refractivity contribution in [1.29, 1.82) is 0 Å². The molecule has 2 unspecified atom stereocenters. The smallest absolute Gasteiger partial charge is 0.414 e. The molecule has 0 N–H and O–H groups in total. The SMILES string of the molecule is C=C1C2CC(C)OC(=O)N12. The minimum Gasteiger partial charge on any atom is -0.446 e. The number of amides is 1. The molecule has 2 heterocycles. The first-order chi connectivity index (χ1) is 4.70. The van der Waals surface area contributed by atoms with Gasteiger partial charge in [0.15, 0.2) is 0 Å². The summed E-state index contributed by atoms with van der Waals surface area (Å²) >= 11 is 0. The van der Waals surface area contributed by atoms with Crippen molar-refractivity contribution in [3.63, 3.8) is 0 Å². The molecule has 10 heavy (non-hydrogen) atoms. The summed E-state index contributed by atoms with van der Waals surface area (Å²) < 4.78 is 4.94. The van der Waals surface area contributed by atoms with Crippen LogP contribution in [0.15, 0.2) is 12.3 Å². The fraction of sp³-hybridized carbons (Fsp3) is 0.571. The second-order valence-corrected chi connectivity index (χ2v) is 2.81. The molecule has 2 fully saturated rings. The standard InChI is InChI=1S/C7H9NO2/c1-4-3-6-5(2)8(6)7(9)10-4/h4,6H,2-3H2,1H3. The highest BCUT2D eigenvalue weighted by atomic mass is 16.6. The number of fused-ring (bicyclic) bond motifs is 1. The van der Waals surface area contributed by atoms with E-state index in [1.807, 2.05) is 6.92 Å². The molecule has 2 atom stereocenters. The van der Waals surface area contributed by atoms with Crippen LogP contribution in [0.4, 0.5) is 4.79 Å². The van der Waals surface area contributed by atoms with Gasteiger partial charge in [-0.1, -0.05) is 6.58 Å². The predicted molar refractivity (Wildman–Crippen MR) is 35.3 cm³/mol. The van der Waals surface area contributed by atoms with E-state index in [-0.39, 0.29) is 18.2 Å². The zero-order valence-electron chi connectivity index (χ0n) is 5.83. The lowest BCUT2D eigenvalue weighted by atomic mass is 10.2.